The molecule has 2 aromatic heterocycles. The van der Waals surface area contributed by atoms with Crippen LogP contribution in [0.15, 0.2) is 48.7 Å². The minimum atomic E-state index is -4.77. The topological polar surface area (TPSA) is 68.3 Å². The molecule has 44 heavy (non-hydrogen) atoms. The molecule has 15 heteroatoms. The maximum absolute atomic E-state index is 14.0. The number of imidazole rings is 1. The lowest BCUT2D eigenvalue weighted by Crippen LogP contribution is -2.53. The first-order valence-electron chi connectivity index (χ1n) is 13.5. The number of aliphatic hydroxyl groups is 1. The quantitative estimate of drug-likeness (QED) is 0.220. The van der Waals surface area contributed by atoms with Gasteiger partial charge in [-0.2, -0.15) is 39.5 Å². The summed E-state index contributed by atoms with van der Waals surface area (Å²) >= 11 is 0. The fourth-order valence-electron chi connectivity index (χ4n) is 5.28. The fourth-order valence-corrected chi connectivity index (χ4v) is 5.28. The van der Waals surface area contributed by atoms with Crippen LogP contribution in [0, 0.1) is 0 Å². The molecular weight excluding hydrogens is 605 g/mol. The summed E-state index contributed by atoms with van der Waals surface area (Å²) in [5.74, 6) is -0.148. The number of nitrogens with zero attached hydrogens (tertiary/aromatic N) is 4. The molecule has 6 nitrogen and oxygen atoms in total. The average molecular weight is 632 g/mol. The van der Waals surface area contributed by atoms with E-state index in [0.29, 0.717) is 0 Å². The van der Waals surface area contributed by atoms with Gasteiger partial charge in [0.15, 0.2) is 0 Å². The van der Waals surface area contributed by atoms with Crippen molar-refractivity contribution in [3.8, 4) is 11.1 Å². The number of nitrogens with one attached hydrogen (secondary N) is 1. The number of aliphatic hydroxyl groups excluding tert-OH is 1. The Balaban J connectivity index is 1.48. The molecule has 3 heterocycles. The first-order chi connectivity index (χ1) is 20.5. The molecule has 5 rings (SSSR count). The van der Waals surface area contributed by atoms with Gasteiger partial charge < -0.3 is 19.9 Å². The Morgan fingerprint density at radius 2 is 1.57 bits per heavy atom. The lowest BCUT2D eigenvalue weighted by molar-refractivity contribution is -0.138. The number of alkyl halides is 9. The van der Waals surface area contributed by atoms with Gasteiger partial charge in [0, 0.05) is 37.4 Å². The smallest absolute Gasteiger partial charge is 0.388 e. The van der Waals surface area contributed by atoms with Gasteiger partial charge in [0.2, 0.25) is 5.95 Å². The SMILES string of the molecule is CC[C@@H](O)c1cnc(N2CCN(c3nc4cc(C(F)(F)F)cc(-c5ccc(C(F)(F)F)cc5)c4[nH]3)[C@H](C)C2)c(C(F)(F)F)c1. The summed E-state index contributed by atoms with van der Waals surface area (Å²) in [6.45, 7) is 3.58. The van der Waals surface area contributed by atoms with Crippen molar-refractivity contribution in [2.24, 2.45) is 0 Å². The van der Waals surface area contributed by atoms with E-state index >= 15 is 0 Å². The maximum atomic E-state index is 14.0. The molecule has 1 aliphatic rings. The summed E-state index contributed by atoms with van der Waals surface area (Å²) < 4.78 is 122. The molecule has 2 N–H and O–H groups in total. The zero-order valence-corrected chi connectivity index (χ0v) is 23.2. The summed E-state index contributed by atoms with van der Waals surface area (Å²) in [5.41, 5.74) is -2.78. The molecule has 0 aliphatic carbocycles. The van der Waals surface area contributed by atoms with Gasteiger partial charge in [-0.25, -0.2) is 9.97 Å². The van der Waals surface area contributed by atoms with Crippen LogP contribution in [0.2, 0.25) is 0 Å². The number of pyridine rings is 1. The molecule has 0 amide bonds. The third kappa shape index (κ3) is 6.14. The molecule has 4 aromatic rings. The Morgan fingerprint density at radius 3 is 2.14 bits per heavy atom. The third-order valence-electron chi connectivity index (χ3n) is 7.60. The molecular formula is C29H26F9N5O. The van der Waals surface area contributed by atoms with Gasteiger partial charge in [-0.05, 0) is 54.8 Å². The molecule has 236 valence electrons. The Morgan fingerprint density at radius 1 is 0.909 bits per heavy atom. The average Bonchev–Trinajstić information content (AvgIpc) is 3.38. The van der Waals surface area contributed by atoms with Crippen molar-refractivity contribution in [3.05, 3.63) is 70.9 Å². The van der Waals surface area contributed by atoms with Gasteiger partial charge in [0.1, 0.15) is 5.82 Å². The molecule has 0 radical (unpaired) electrons. The van der Waals surface area contributed by atoms with Crippen LogP contribution in [-0.2, 0) is 18.5 Å². The van der Waals surface area contributed by atoms with Crippen molar-refractivity contribution >= 4 is 22.8 Å². The van der Waals surface area contributed by atoms with Crippen molar-refractivity contribution in [2.45, 2.75) is 50.9 Å². The predicted octanol–water partition coefficient (Wildman–Crippen LogP) is 7.84. The highest BCUT2D eigenvalue weighted by molar-refractivity contribution is 5.94. The molecule has 2 aromatic carbocycles. The molecule has 0 saturated carbocycles. The van der Waals surface area contributed by atoms with Crippen LogP contribution < -0.4 is 9.80 Å². The van der Waals surface area contributed by atoms with E-state index in [1.807, 2.05) is 0 Å². The van der Waals surface area contributed by atoms with Gasteiger partial charge in [-0.15, -0.1) is 0 Å². The first-order valence-corrected chi connectivity index (χ1v) is 13.5. The summed E-state index contributed by atoms with van der Waals surface area (Å²) in [6.07, 6.45) is -13.8. The van der Waals surface area contributed by atoms with Crippen molar-refractivity contribution in [2.75, 3.05) is 29.4 Å². The molecule has 0 unspecified atom stereocenters. The monoisotopic (exact) mass is 631 g/mol. The van der Waals surface area contributed by atoms with E-state index in [2.05, 4.69) is 15.0 Å². The standard InChI is InChI=1S/C29H26F9N5O/c1-3-23(44)17-10-21(29(36,37)38)25(39-13-17)42-8-9-43(15(2)14-42)26-40-22-12-19(28(33,34)35)11-20(24(22)41-26)16-4-6-18(7-5-16)27(30,31)32/h4-7,10-13,15,23,44H,3,8-9,14H2,1-2H3,(H,40,41)/t15-,23-/m1/s1. The molecule has 1 aliphatic heterocycles. The summed E-state index contributed by atoms with van der Waals surface area (Å²) in [7, 11) is 0. The number of aromatic amines is 1. The highest BCUT2D eigenvalue weighted by Gasteiger charge is 2.39. The number of hydrogen-bond acceptors (Lipinski definition) is 5. The van der Waals surface area contributed by atoms with Crippen molar-refractivity contribution in [1.29, 1.82) is 0 Å². The van der Waals surface area contributed by atoms with Crippen LogP contribution in [0.1, 0.15) is 48.6 Å². The van der Waals surface area contributed by atoms with Gasteiger partial charge in [-0.3, -0.25) is 0 Å². The van der Waals surface area contributed by atoms with E-state index in [0.717, 1.165) is 42.5 Å². The first kappa shape index (κ1) is 31.4. The highest BCUT2D eigenvalue weighted by atomic mass is 19.4. The number of rotatable bonds is 5. The van der Waals surface area contributed by atoms with Crippen molar-refractivity contribution in [3.63, 3.8) is 0 Å². The lowest BCUT2D eigenvalue weighted by atomic mass is 9.99. The molecule has 1 fully saturated rings. The number of fused-ring (bicyclic) bond motifs is 1. The number of H-pyrrole nitrogens is 1. The lowest BCUT2D eigenvalue weighted by Gasteiger charge is -2.41. The number of piperazine rings is 1. The zero-order chi connectivity index (χ0) is 32.2. The highest BCUT2D eigenvalue weighted by Crippen LogP contribution is 2.40. The Kier molecular flexibility index (Phi) is 7.97. The van der Waals surface area contributed by atoms with E-state index in [1.165, 1.54) is 11.1 Å². The van der Waals surface area contributed by atoms with Gasteiger partial charge in [0.05, 0.1) is 33.8 Å². The number of anilines is 2. The largest absolute Gasteiger partial charge is 0.419 e. The van der Waals surface area contributed by atoms with E-state index in [1.54, 1.807) is 18.7 Å². The van der Waals surface area contributed by atoms with Gasteiger partial charge in [-0.1, -0.05) is 19.1 Å². The van der Waals surface area contributed by atoms with E-state index < -0.39 is 47.4 Å². The number of halogens is 9. The van der Waals surface area contributed by atoms with Crippen molar-refractivity contribution in [1.82, 2.24) is 15.0 Å². The van der Waals surface area contributed by atoms with Crippen LogP contribution in [0.25, 0.3) is 22.2 Å². The molecule has 2 atom stereocenters. The summed E-state index contributed by atoms with van der Waals surface area (Å²) in [5, 5.41) is 10.0. The number of benzene rings is 2. The van der Waals surface area contributed by atoms with Crippen LogP contribution in [0.3, 0.4) is 0 Å². The second-order valence-electron chi connectivity index (χ2n) is 10.6. The minimum absolute atomic E-state index is 0.0121. The zero-order valence-electron chi connectivity index (χ0n) is 23.2. The molecule has 0 bridgehead atoms. The van der Waals surface area contributed by atoms with E-state index in [9.17, 15) is 44.6 Å². The maximum Gasteiger partial charge on any atom is 0.419 e. The molecule has 0 spiro atoms. The Hall–Kier alpha value is -4.01. The van der Waals surface area contributed by atoms with Crippen molar-refractivity contribution < 1.29 is 44.6 Å². The number of hydrogen-bond donors (Lipinski definition) is 2. The normalized spacial score (nSPS) is 17.4. The summed E-state index contributed by atoms with van der Waals surface area (Å²) in [6, 6.07) is 5.77. The van der Waals surface area contributed by atoms with E-state index in [4.69, 9.17) is 0 Å². The Bertz CT molecular complexity index is 1640. The van der Waals surface area contributed by atoms with Crippen LogP contribution in [0.4, 0.5) is 51.3 Å². The van der Waals surface area contributed by atoms with E-state index in [-0.39, 0.29) is 65.5 Å². The second-order valence-corrected chi connectivity index (χ2v) is 10.6. The third-order valence-corrected chi connectivity index (χ3v) is 7.60. The minimum Gasteiger partial charge on any atom is -0.388 e. The fraction of sp³-hybridized carbons (Fsp3) is 0.379. The Labute approximate surface area is 245 Å². The summed E-state index contributed by atoms with van der Waals surface area (Å²) in [4.78, 5) is 14.5. The van der Waals surface area contributed by atoms with Crippen LogP contribution in [0.5, 0.6) is 0 Å². The number of aromatic nitrogens is 3. The predicted molar refractivity (Wildman–Crippen MR) is 145 cm³/mol. The van der Waals surface area contributed by atoms with Gasteiger partial charge >= 0.3 is 18.5 Å². The van der Waals surface area contributed by atoms with Crippen LogP contribution >= 0.6 is 0 Å². The van der Waals surface area contributed by atoms with Gasteiger partial charge in [0.25, 0.3) is 0 Å². The van der Waals surface area contributed by atoms with Crippen LogP contribution in [-0.4, -0.2) is 45.7 Å². The second kappa shape index (κ2) is 11.2. The molecule has 1 saturated heterocycles.